The largest absolute Gasteiger partial charge is 0.305 e. The fraction of sp³-hybridized carbons (Fsp3) is 0.0408. The van der Waals surface area contributed by atoms with Crippen molar-refractivity contribution < 1.29 is 20.1 Å². The summed E-state index contributed by atoms with van der Waals surface area (Å²) < 4.78 is 0. The number of fused-ring (bicyclic) bond motifs is 3. The average molecular weight is 858 g/mol. The molecule has 9 rings (SSSR count). The summed E-state index contributed by atoms with van der Waals surface area (Å²) in [6.45, 7) is 4.29. The van der Waals surface area contributed by atoms with E-state index in [2.05, 4.69) is 126 Å². The van der Waals surface area contributed by atoms with Gasteiger partial charge < -0.3 is 9.97 Å². The third-order valence-electron chi connectivity index (χ3n) is 9.32. The van der Waals surface area contributed by atoms with Crippen LogP contribution in [0.25, 0.3) is 77.6 Å². The van der Waals surface area contributed by atoms with Gasteiger partial charge >= 0.3 is 0 Å². The number of aryl methyl sites for hydroxylation is 2. The Morgan fingerprint density at radius 3 is 1.94 bits per heavy atom. The molecule has 257 valence electrons. The van der Waals surface area contributed by atoms with Crippen LogP contribution in [0.3, 0.4) is 0 Å². The van der Waals surface area contributed by atoms with E-state index in [0.717, 1.165) is 33.6 Å². The molecule has 0 N–H and O–H groups in total. The average Bonchev–Trinajstić information content (AvgIpc) is 3.22. The van der Waals surface area contributed by atoms with Crippen LogP contribution in [-0.4, -0.2) is 15.0 Å². The Morgan fingerprint density at radius 2 is 1.17 bits per heavy atom. The summed E-state index contributed by atoms with van der Waals surface area (Å²) in [6.07, 6.45) is 5.50. The molecule has 0 aliphatic carbocycles. The van der Waals surface area contributed by atoms with Crippen molar-refractivity contribution in [3.05, 3.63) is 200 Å². The number of hydrogen-bond donors (Lipinski definition) is 0. The topological polar surface area (TPSA) is 38.7 Å². The molecular formula is C49H35IrN3-2. The van der Waals surface area contributed by atoms with E-state index in [0.29, 0.717) is 0 Å². The first kappa shape index (κ1) is 35.3. The monoisotopic (exact) mass is 858 g/mol. The second kappa shape index (κ2) is 16.1. The van der Waals surface area contributed by atoms with Crippen molar-refractivity contribution in [2.45, 2.75) is 13.8 Å². The second-order valence-electron chi connectivity index (χ2n) is 12.8. The zero-order valence-corrected chi connectivity index (χ0v) is 31.8. The molecule has 0 atom stereocenters. The van der Waals surface area contributed by atoms with Crippen LogP contribution < -0.4 is 0 Å². The van der Waals surface area contributed by atoms with E-state index in [9.17, 15) is 0 Å². The molecule has 3 nitrogen and oxygen atoms in total. The quantitative estimate of drug-likeness (QED) is 0.128. The normalized spacial score (nSPS) is 10.7. The minimum atomic E-state index is 0. The van der Waals surface area contributed by atoms with Crippen molar-refractivity contribution in [2.24, 2.45) is 0 Å². The van der Waals surface area contributed by atoms with Gasteiger partial charge in [0.05, 0.1) is 5.52 Å². The smallest absolute Gasteiger partial charge is 0.0714 e. The number of pyridine rings is 3. The van der Waals surface area contributed by atoms with Crippen molar-refractivity contribution in [3.63, 3.8) is 0 Å². The van der Waals surface area contributed by atoms with Gasteiger partial charge in [-0.1, -0.05) is 126 Å². The standard InChI is InChI=1S/C32H23N2.C17H12N.Ir/c1-21-11-14-26-27-9-6-16-34-32(27)20-29(30(26)17-21)24-8-5-7-23(18-24)28-19-25(13-12-22(28)2)31-10-3-4-15-33-31;1-2-8-14(9-3-1)15-10-4-5-11-16(15)17-12-6-7-13-18-17;/h3-12,14-20H,1-2H3;1-10,12-13H;/q2*-1;. The molecule has 0 spiro atoms. The Labute approximate surface area is 324 Å². The number of aromatic nitrogens is 3. The predicted octanol–water partition coefficient (Wildman–Crippen LogP) is 12.4. The second-order valence-corrected chi connectivity index (χ2v) is 12.8. The molecule has 3 heterocycles. The van der Waals surface area contributed by atoms with Gasteiger partial charge in [-0.05, 0) is 76.1 Å². The number of nitrogens with zero attached hydrogens (tertiary/aromatic N) is 3. The first-order chi connectivity index (χ1) is 25.6. The zero-order chi connectivity index (χ0) is 35.3. The van der Waals surface area contributed by atoms with Crippen molar-refractivity contribution >= 4 is 21.7 Å². The van der Waals surface area contributed by atoms with E-state index in [1.54, 1.807) is 0 Å². The van der Waals surface area contributed by atoms with Gasteiger partial charge in [-0.2, -0.15) is 0 Å². The van der Waals surface area contributed by atoms with Crippen molar-refractivity contribution in [1.82, 2.24) is 15.0 Å². The maximum Gasteiger partial charge on any atom is 0.0714 e. The van der Waals surface area contributed by atoms with Crippen molar-refractivity contribution in [3.8, 4) is 55.9 Å². The van der Waals surface area contributed by atoms with Gasteiger partial charge in [0.2, 0.25) is 0 Å². The first-order valence-electron chi connectivity index (χ1n) is 17.4. The zero-order valence-electron chi connectivity index (χ0n) is 29.4. The van der Waals surface area contributed by atoms with Crippen LogP contribution in [-0.2, 0) is 20.1 Å². The van der Waals surface area contributed by atoms with Crippen LogP contribution in [0.5, 0.6) is 0 Å². The molecule has 0 fully saturated rings. The van der Waals surface area contributed by atoms with Crippen molar-refractivity contribution in [2.75, 3.05) is 0 Å². The maximum atomic E-state index is 4.67. The summed E-state index contributed by atoms with van der Waals surface area (Å²) in [5.74, 6) is 0. The molecule has 0 amide bonds. The van der Waals surface area contributed by atoms with E-state index in [1.165, 1.54) is 55.1 Å². The molecule has 0 aliphatic rings. The number of hydrogen-bond acceptors (Lipinski definition) is 3. The molecule has 0 bridgehead atoms. The fourth-order valence-electron chi connectivity index (χ4n) is 6.75. The SMILES string of the molecule is Cc1ccc2c(c1)c(-c1cccc(-c3cc(-c4ccccn4)[c-]cc3C)c1)cc1ncccc12.[Ir].[c-]1cccc(-c2ccccc2)c1-c1ccccn1. The van der Waals surface area contributed by atoms with E-state index in [4.69, 9.17) is 0 Å². The molecule has 3 aromatic heterocycles. The van der Waals surface area contributed by atoms with Gasteiger partial charge in [0.1, 0.15) is 0 Å². The Hall–Kier alpha value is -6.06. The summed E-state index contributed by atoms with van der Waals surface area (Å²) in [4.78, 5) is 13.6. The summed E-state index contributed by atoms with van der Waals surface area (Å²) in [5, 5.41) is 3.68. The third-order valence-corrected chi connectivity index (χ3v) is 9.32. The van der Waals surface area contributed by atoms with Crippen LogP contribution in [0.2, 0.25) is 0 Å². The maximum absolute atomic E-state index is 4.67. The van der Waals surface area contributed by atoms with Gasteiger partial charge in [0, 0.05) is 44.1 Å². The Bertz CT molecular complexity index is 2580. The first-order valence-corrected chi connectivity index (χ1v) is 17.4. The summed E-state index contributed by atoms with van der Waals surface area (Å²) in [7, 11) is 0. The number of rotatable bonds is 5. The van der Waals surface area contributed by atoms with Crippen LogP contribution in [0.1, 0.15) is 11.1 Å². The Kier molecular flexibility index (Phi) is 10.7. The van der Waals surface area contributed by atoms with E-state index in [-0.39, 0.29) is 20.1 Å². The molecular weight excluding hydrogens is 823 g/mol. The molecule has 9 aromatic rings. The van der Waals surface area contributed by atoms with E-state index >= 15 is 0 Å². The molecule has 53 heavy (non-hydrogen) atoms. The molecule has 0 unspecified atom stereocenters. The summed E-state index contributed by atoms with van der Waals surface area (Å²) >= 11 is 0. The van der Waals surface area contributed by atoms with Gasteiger partial charge in [0.15, 0.2) is 0 Å². The van der Waals surface area contributed by atoms with Crippen LogP contribution in [0.4, 0.5) is 0 Å². The van der Waals surface area contributed by atoms with Gasteiger partial charge in [-0.15, -0.1) is 59.2 Å². The predicted molar refractivity (Wildman–Crippen MR) is 216 cm³/mol. The molecule has 6 aromatic carbocycles. The van der Waals surface area contributed by atoms with Gasteiger partial charge in [-0.25, -0.2) is 0 Å². The fourth-order valence-corrected chi connectivity index (χ4v) is 6.75. The minimum absolute atomic E-state index is 0. The molecule has 0 saturated carbocycles. The Balaban J connectivity index is 0.000000194. The molecule has 1 radical (unpaired) electrons. The van der Waals surface area contributed by atoms with E-state index in [1.807, 2.05) is 91.4 Å². The molecule has 0 saturated heterocycles. The van der Waals surface area contributed by atoms with E-state index < -0.39 is 0 Å². The summed E-state index contributed by atoms with van der Waals surface area (Å²) in [5.41, 5.74) is 14.5. The van der Waals surface area contributed by atoms with Gasteiger partial charge in [0.25, 0.3) is 0 Å². The Morgan fingerprint density at radius 1 is 0.453 bits per heavy atom. The van der Waals surface area contributed by atoms with Crippen LogP contribution in [0, 0.1) is 26.0 Å². The third kappa shape index (κ3) is 7.61. The van der Waals surface area contributed by atoms with Crippen LogP contribution >= 0.6 is 0 Å². The molecule has 0 aliphatic heterocycles. The molecule has 4 heteroatoms. The van der Waals surface area contributed by atoms with Crippen molar-refractivity contribution in [1.29, 1.82) is 0 Å². The summed E-state index contributed by atoms with van der Waals surface area (Å²) in [6, 6.07) is 61.1. The number of benzene rings is 6. The minimum Gasteiger partial charge on any atom is -0.305 e. The van der Waals surface area contributed by atoms with Gasteiger partial charge in [-0.3, -0.25) is 4.98 Å². The van der Waals surface area contributed by atoms with Crippen LogP contribution in [0.15, 0.2) is 176 Å².